The van der Waals surface area contributed by atoms with Crippen molar-refractivity contribution in [2.24, 2.45) is 5.92 Å². The van der Waals surface area contributed by atoms with E-state index in [2.05, 4.69) is 115 Å². The Hall–Kier alpha value is -4.72. The maximum absolute atomic E-state index is 9.19. The third kappa shape index (κ3) is 7.38. The first-order valence-electron chi connectivity index (χ1n) is 15.1. The molecule has 1 aliphatic carbocycles. The molecule has 0 spiro atoms. The summed E-state index contributed by atoms with van der Waals surface area (Å²) in [7, 11) is 0. The Morgan fingerprint density at radius 3 is 2.56 bits per heavy atom. The first-order chi connectivity index (χ1) is 21.1. The molecule has 0 radical (unpaired) electrons. The van der Waals surface area contributed by atoms with Gasteiger partial charge >= 0.3 is 0 Å². The number of nitriles is 1. The highest BCUT2D eigenvalue weighted by molar-refractivity contribution is 5.58. The normalized spacial score (nSPS) is 16.8. The second kappa shape index (κ2) is 14.4. The van der Waals surface area contributed by atoms with Crippen LogP contribution in [0.25, 0.3) is 6.08 Å². The Morgan fingerprint density at radius 2 is 1.81 bits per heavy atom. The van der Waals surface area contributed by atoms with Crippen LogP contribution < -0.4 is 0 Å². The van der Waals surface area contributed by atoms with E-state index in [0.29, 0.717) is 17.4 Å². The smallest absolute Gasteiger partial charge is 0.123 e. The zero-order valence-corrected chi connectivity index (χ0v) is 25.0. The highest BCUT2D eigenvalue weighted by atomic mass is 15.2. The van der Waals surface area contributed by atoms with Crippen molar-refractivity contribution in [3.63, 3.8) is 0 Å². The maximum atomic E-state index is 9.19. The van der Waals surface area contributed by atoms with Crippen LogP contribution in [0, 0.1) is 17.2 Å². The first kappa shape index (κ1) is 29.8. The van der Waals surface area contributed by atoms with Crippen LogP contribution in [0.3, 0.4) is 0 Å². The second-order valence-corrected chi connectivity index (χ2v) is 11.3. The topological polar surface area (TPSA) is 44.9 Å². The number of benzene rings is 3. The Morgan fingerprint density at radius 1 is 1.05 bits per heavy atom. The molecule has 1 heterocycles. The van der Waals surface area contributed by atoms with Crippen molar-refractivity contribution in [3.8, 4) is 6.07 Å². The van der Waals surface area contributed by atoms with Gasteiger partial charge in [-0.1, -0.05) is 117 Å². The average molecular weight is 565 g/mol. The minimum atomic E-state index is 0.220. The van der Waals surface area contributed by atoms with Gasteiger partial charge in [-0.15, -0.1) is 0 Å². The summed E-state index contributed by atoms with van der Waals surface area (Å²) in [6.45, 7) is 13.8. The third-order valence-corrected chi connectivity index (χ3v) is 8.61. The standard InChI is InChI=1S/C39H40N4/c1-4-11-33(5-2)38(34-12-7-6-8-13-34)22-24-42(28-36-21-20-35-14-9-10-15-37(35)30(36)3)29-39-41-23-25-43(39)27-32-18-16-31(26-40)17-19-32/h4-21,23,25,30,36,38H,1-2,22,24,27-29H2,3H3/b33-11+. The third-order valence-electron chi connectivity index (χ3n) is 8.61. The molecule has 0 aliphatic heterocycles. The van der Waals surface area contributed by atoms with Gasteiger partial charge in [-0.25, -0.2) is 4.98 Å². The summed E-state index contributed by atoms with van der Waals surface area (Å²) in [4.78, 5) is 7.38. The zero-order valence-electron chi connectivity index (χ0n) is 25.0. The Balaban J connectivity index is 1.40. The molecule has 4 heteroatoms. The van der Waals surface area contributed by atoms with Crippen molar-refractivity contribution >= 4 is 6.08 Å². The monoisotopic (exact) mass is 564 g/mol. The number of fused-ring (bicyclic) bond motifs is 1. The number of aromatic nitrogens is 2. The molecule has 3 atom stereocenters. The Labute approximate surface area is 256 Å². The van der Waals surface area contributed by atoms with Crippen LogP contribution in [-0.2, 0) is 13.1 Å². The van der Waals surface area contributed by atoms with Crippen molar-refractivity contribution in [3.05, 3.63) is 168 Å². The van der Waals surface area contributed by atoms with Gasteiger partial charge in [-0.3, -0.25) is 4.90 Å². The molecule has 216 valence electrons. The zero-order chi connectivity index (χ0) is 30.0. The highest BCUT2D eigenvalue weighted by Crippen LogP contribution is 2.35. The van der Waals surface area contributed by atoms with Gasteiger partial charge in [0, 0.05) is 31.4 Å². The van der Waals surface area contributed by atoms with E-state index in [9.17, 15) is 5.26 Å². The van der Waals surface area contributed by atoms with Crippen LogP contribution in [-0.4, -0.2) is 27.5 Å². The van der Waals surface area contributed by atoms with Gasteiger partial charge in [0.05, 0.1) is 18.2 Å². The fourth-order valence-corrected chi connectivity index (χ4v) is 6.16. The van der Waals surface area contributed by atoms with Gasteiger partial charge < -0.3 is 4.57 Å². The predicted octanol–water partition coefficient (Wildman–Crippen LogP) is 8.52. The van der Waals surface area contributed by atoms with Crippen LogP contribution in [0.15, 0.2) is 134 Å². The summed E-state index contributed by atoms with van der Waals surface area (Å²) >= 11 is 0. The molecule has 5 rings (SSSR count). The van der Waals surface area contributed by atoms with Crippen LogP contribution in [0.2, 0.25) is 0 Å². The number of allylic oxidation sites excluding steroid dienone is 4. The van der Waals surface area contributed by atoms with Crippen molar-refractivity contribution in [1.82, 2.24) is 14.5 Å². The lowest BCUT2D eigenvalue weighted by atomic mass is 9.80. The van der Waals surface area contributed by atoms with Crippen LogP contribution in [0.4, 0.5) is 0 Å². The van der Waals surface area contributed by atoms with E-state index in [1.165, 1.54) is 22.3 Å². The Bertz CT molecular complexity index is 1620. The van der Waals surface area contributed by atoms with Gasteiger partial charge in [0.1, 0.15) is 5.82 Å². The molecule has 0 N–H and O–H groups in total. The predicted molar refractivity (Wildman–Crippen MR) is 177 cm³/mol. The van der Waals surface area contributed by atoms with Crippen molar-refractivity contribution in [1.29, 1.82) is 5.26 Å². The second-order valence-electron chi connectivity index (χ2n) is 11.3. The molecule has 0 amide bonds. The molecule has 4 aromatic rings. The van der Waals surface area contributed by atoms with E-state index in [1.54, 1.807) is 0 Å². The van der Waals surface area contributed by atoms with Crippen LogP contribution >= 0.6 is 0 Å². The van der Waals surface area contributed by atoms with Crippen molar-refractivity contribution < 1.29 is 0 Å². The molecular formula is C39H40N4. The minimum absolute atomic E-state index is 0.220. The fraction of sp³-hybridized carbons (Fsp3) is 0.231. The van der Waals surface area contributed by atoms with E-state index in [-0.39, 0.29) is 5.92 Å². The van der Waals surface area contributed by atoms with E-state index in [1.807, 2.05) is 42.6 Å². The summed E-state index contributed by atoms with van der Waals surface area (Å²) in [5.41, 5.74) is 7.04. The number of hydrogen-bond donors (Lipinski definition) is 0. The summed E-state index contributed by atoms with van der Waals surface area (Å²) in [6.07, 6.45) is 15.5. The number of imidazole rings is 1. The average Bonchev–Trinajstić information content (AvgIpc) is 3.48. The fourth-order valence-electron chi connectivity index (χ4n) is 6.16. The summed E-state index contributed by atoms with van der Waals surface area (Å²) in [5.74, 6) is 2.09. The molecular weight excluding hydrogens is 524 g/mol. The molecule has 0 saturated heterocycles. The lowest BCUT2D eigenvalue weighted by Crippen LogP contribution is -2.34. The SMILES string of the molecule is C=C/C=C(\C=C)C(CCN(Cc1nccn1Cc1ccc(C#N)cc1)CC1C=Cc2ccccc2C1C)c1ccccc1. The quantitative estimate of drug-likeness (QED) is 0.153. The van der Waals surface area contributed by atoms with E-state index >= 15 is 0 Å². The van der Waals surface area contributed by atoms with E-state index < -0.39 is 0 Å². The Kier molecular flexibility index (Phi) is 10.00. The van der Waals surface area contributed by atoms with Crippen LogP contribution in [0.5, 0.6) is 0 Å². The minimum Gasteiger partial charge on any atom is -0.329 e. The molecule has 1 aromatic heterocycles. The lowest BCUT2D eigenvalue weighted by Gasteiger charge is -2.33. The molecule has 0 saturated carbocycles. The molecule has 0 bridgehead atoms. The van der Waals surface area contributed by atoms with Crippen LogP contribution in [0.1, 0.15) is 58.8 Å². The summed E-state index contributed by atoms with van der Waals surface area (Å²) in [5, 5.41) is 9.19. The van der Waals surface area contributed by atoms with E-state index in [0.717, 1.165) is 44.0 Å². The summed E-state index contributed by atoms with van der Waals surface area (Å²) in [6, 6.07) is 29.5. The van der Waals surface area contributed by atoms with Crippen molar-refractivity contribution in [2.45, 2.75) is 38.3 Å². The van der Waals surface area contributed by atoms with Gasteiger partial charge in [-0.05, 0) is 64.8 Å². The van der Waals surface area contributed by atoms with E-state index in [4.69, 9.17) is 4.98 Å². The molecule has 4 nitrogen and oxygen atoms in total. The van der Waals surface area contributed by atoms with Crippen molar-refractivity contribution in [2.75, 3.05) is 13.1 Å². The number of nitrogens with zero attached hydrogens (tertiary/aromatic N) is 4. The van der Waals surface area contributed by atoms with Gasteiger partial charge in [0.25, 0.3) is 0 Å². The molecule has 0 fully saturated rings. The molecule has 3 unspecified atom stereocenters. The van der Waals surface area contributed by atoms with Gasteiger partial charge in [0.15, 0.2) is 0 Å². The molecule has 3 aromatic carbocycles. The van der Waals surface area contributed by atoms with Gasteiger partial charge in [-0.2, -0.15) is 5.26 Å². The largest absolute Gasteiger partial charge is 0.329 e. The summed E-state index contributed by atoms with van der Waals surface area (Å²) < 4.78 is 2.23. The molecule has 43 heavy (non-hydrogen) atoms. The number of hydrogen-bond acceptors (Lipinski definition) is 3. The molecule has 1 aliphatic rings. The maximum Gasteiger partial charge on any atom is 0.123 e. The number of rotatable bonds is 13. The van der Waals surface area contributed by atoms with Gasteiger partial charge in [0.2, 0.25) is 0 Å². The lowest BCUT2D eigenvalue weighted by molar-refractivity contribution is 0.215. The highest BCUT2D eigenvalue weighted by Gasteiger charge is 2.26. The first-order valence-corrected chi connectivity index (χ1v) is 15.1.